The van der Waals surface area contributed by atoms with Gasteiger partial charge in [-0.05, 0) is 25.2 Å². The summed E-state index contributed by atoms with van der Waals surface area (Å²) in [6, 6.07) is 1.85. The zero-order valence-corrected chi connectivity index (χ0v) is 11.9. The van der Waals surface area contributed by atoms with E-state index in [0.717, 1.165) is 36.9 Å². The molecule has 100 valence electrons. The molecule has 1 aromatic rings. The van der Waals surface area contributed by atoms with Crippen LogP contribution in [0.4, 0.5) is 5.82 Å². The second-order valence-corrected chi connectivity index (χ2v) is 6.22. The maximum absolute atomic E-state index is 5.79. The number of nitrogens with zero attached hydrogens (tertiary/aromatic N) is 2. The predicted octanol–water partition coefficient (Wildman–Crippen LogP) is 2.53. The number of hydrogen-bond donors (Lipinski definition) is 1. The van der Waals surface area contributed by atoms with Gasteiger partial charge in [-0.1, -0.05) is 25.6 Å². The molecule has 1 saturated heterocycles. The lowest BCUT2D eigenvalue weighted by molar-refractivity contribution is 0.184. The van der Waals surface area contributed by atoms with Crippen LogP contribution in [0.2, 0.25) is 0 Å². The first kappa shape index (κ1) is 13.6. The zero-order chi connectivity index (χ0) is 13.0. The van der Waals surface area contributed by atoms with E-state index in [1.807, 2.05) is 6.07 Å². The summed E-state index contributed by atoms with van der Waals surface area (Å²) in [4.78, 5) is 8.80. The Morgan fingerprint density at radius 1 is 1.56 bits per heavy atom. The van der Waals surface area contributed by atoms with Crippen LogP contribution < -0.4 is 5.73 Å². The highest BCUT2D eigenvalue weighted by Gasteiger charge is 2.19. The fraction of sp³-hybridized carbons (Fsp3) is 0.692. The highest BCUT2D eigenvalue weighted by atomic mass is 32.2. The lowest BCUT2D eigenvalue weighted by atomic mass is 10.0. The van der Waals surface area contributed by atoms with Gasteiger partial charge < -0.3 is 10.5 Å². The van der Waals surface area contributed by atoms with Crippen LogP contribution in [0.1, 0.15) is 32.4 Å². The van der Waals surface area contributed by atoms with E-state index >= 15 is 0 Å². The minimum absolute atomic E-state index is 0.503. The van der Waals surface area contributed by atoms with Crippen LogP contribution in [0.5, 0.6) is 0 Å². The Morgan fingerprint density at radius 3 is 3.06 bits per heavy atom. The van der Waals surface area contributed by atoms with Gasteiger partial charge >= 0.3 is 0 Å². The first-order valence-corrected chi connectivity index (χ1v) is 7.43. The first-order chi connectivity index (χ1) is 8.67. The predicted molar refractivity (Wildman–Crippen MR) is 74.7 cm³/mol. The van der Waals surface area contributed by atoms with Crippen molar-refractivity contribution in [2.24, 2.45) is 5.92 Å². The molecule has 0 saturated carbocycles. The maximum Gasteiger partial charge on any atom is 0.189 e. The summed E-state index contributed by atoms with van der Waals surface area (Å²) in [5.41, 5.74) is 6.81. The number of ether oxygens (including phenoxy) is 1. The number of nitrogens with two attached hydrogens (primary N) is 1. The molecule has 2 atom stereocenters. The molecule has 1 aromatic heterocycles. The molecule has 0 spiro atoms. The Kier molecular flexibility index (Phi) is 4.83. The van der Waals surface area contributed by atoms with Crippen molar-refractivity contribution in [3.63, 3.8) is 0 Å². The molecule has 1 aliphatic heterocycles. The number of aromatic nitrogens is 2. The van der Waals surface area contributed by atoms with Gasteiger partial charge in [0.15, 0.2) is 5.16 Å². The van der Waals surface area contributed by atoms with Crippen LogP contribution in [-0.4, -0.2) is 28.4 Å². The number of rotatable bonds is 5. The van der Waals surface area contributed by atoms with Crippen molar-refractivity contribution >= 4 is 17.6 Å². The van der Waals surface area contributed by atoms with Crippen molar-refractivity contribution in [2.45, 2.75) is 43.5 Å². The molecule has 0 radical (unpaired) electrons. The molecule has 1 aliphatic rings. The molecule has 1 fully saturated rings. The molecule has 18 heavy (non-hydrogen) atoms. The van der Waals surface area contributed by atoms with E-state index in [0.29, 0.717) is 17.0 Å². The van der Waals surface area contributed by atoms with E-state index in [4.69, 9.17) is 10.5 Å². The third-order valence-electron chi connectivity index (χ3n) is 3.14. The molecule has 0 aliphatic carbocycles. The molecule has 2 heterocycles. The fourth-order valence-electron chi connectivity index (χ4n) is 2.19. The van der Waals surface area contributed by atoms with Crippen LogP contribution in [-0.2, 0) is 11.2 Å². The van der Waals surface area contributed by atoms with Gasteiger partial charge in [-0.15, -0.1) is 0 Å². The molecular weight excluding hydrogens is 246 g/mol. The van der Waals surface area contributed by atoms with Crippen molar-refractivity contribution < 1.29 is 4.74 Å². The lowest BCUT2D eigenvalue weighted by Gasteiger charge is -2.14. The third kappa shape index (κ3) is 3.85. The van der Waals surface area contributed by atoms with Gasteiger partial charge in [0.2, 0.25) is 0 Å². The van der Waals surface area contributed by atoms with Crippen molar-refractivity contribution in [1.82, 2.24) is 9.97 Å². The Bertz CT molecular complexity index is 394. The summed E-state index contributed by atoms with van der Waals surface area (Å²) in [7, 11) is 0. The number of anilines is 1. The minimum Gasteiger partial charge on any atom is -0.384 e. The number of nitrogen functional groups attached to an aromatic ring is 1. The van der Waals surface area contributed by atoms with Crippen LogP contribution in [0, 0.1) is 5.92 Å². The van der Waals surface area contributed by atoms with Gasteiger partial charge in [0.1, 0.15) is 5.82 Å². The van der Waals surface area contributed by atoms with E-state index in [1.165, 1.54) is 6.42 Å². The zero-order valence-electron chi connectivity index (χ0n) is 11.1. The van der Waals surface area contributed by atoms with E-state index in [-0.39, 0.29) is 0 Å². The Balaban J connectivity index is 1.93. The largest absolute Gasteiger partial charge is 0.384 e. The van der Waals surface area contributed by atoms with E-state index in [2.05, 4.69) is 23.8 Å². The third-order valence-corrected chi connectivity index (χ3v) is 4.12. The van der Waals surface area contributed by atoms with Crippen molar-refractivity contribution in [3.05, 3.63) is 11.8 Å². The monoisotopic (exact) mass is 267 g/mol. The molecule has 5 heteroatoms. The van der Waals surface area contributed by atoms with Crippen LogP contribution in [0.3, 0.4) is 0 Å². The normalized spacial score (nSPS) is 21.1. The first-order valence-electron chi connectivity index (χ1n) is 6.55. The SMILES string of the molecule is CCc1cc(N)nc(SC(C)CC2CCOC2)n1. The molecule has 4 nitrogen and oxygen atoms in total. The van der Waals surface area contributed by atoms with Gasteiger partial charge in [-0.25, -0.2) is 9.97 Å². The van der Waals surface area contributed by atoms with Gasteiger partial charge in [0.25, 0.3) is 0 Å². The second kappa shape index (κ2) is 6.38. The van der Waals surface area contributed by atoms with Crippen molar-refractivity contribution in [3.8, 4) is 0 Å². The summed E-state index contributed by atoms with van der Waals surface area (Å²) in [5.74, 6) is 1.26. The van der Waals surface area contributed by atoms with E-state index in [9.17, 15) is 0 Å². The number of aryl methyl sites for hydroxylation is 1. The molecule has 0 bridgehead atoms. The molecular formula is C13H21N3OS. The molecule has 0 amide bonds. The minimum atomic E-state index is 0.503. The molecule has 2 unspecified atom stereocenters. The van der Waals surface area contributed by atoms with Crippen LogP contribution >= 0.6 is 11.8 Å². The number of thioether (sulfide) groups is 1. The van der Waals surface area contributed by atoms with Crippen LogP contribution in [0.25, 0.3) is 0 Å². The average molecular weight is 267 g/mol. The Hall–Kier alpha value is -0.810. The lowest BCUT2D eigenvalue weighted by Crippen LogP contribution is -2.09. The summed E-state index contributed by atoms with van der Waals surface area (Å²) < 4.78 is 5.40. The summed E-state index contributed by atoms with van der Waals surface area (Å²) in [6.45, 7) is 6.12. The highest BCUT2D eigenvalue weighted by Crippen LogP contribution is 2.28. The summed E-state index contributed by atoms with van der Waals surface area (Å²) in [5, 5.41) is 1.31. The topological polar surface area (TPSA) is 61.0 Å². The van der Waals surface area contributed by atoms with E-state index < -0.39 is 0 Å². The Labute approximate surface area is 113 Å². The van der Waals surface area contributed by atoms with E-state index in [1.54, 1.807) is 11.8 Å². The van der Waals surface area contributed by atoms with Crippen molar-refractivity contribution in [1.29, 1.82) is 0 Å². The molecule has 2 rings (SSSR count). The van der Waals surface area contributed by atoms with Gasteiger partial charge in [0, 0.05) is 30.2 Å². The second-order valence-electron chi connectivity index (χ2n) is 4.81. The van der Waals surface area contributed by atoms with Crippen LogP contribution in [0.15, 0.2) is 11.2 Å². The van der Waals surface area contributed by atoms with Gasteiger partial charge in [-0.2, -0.15) is 0 Å². The highest BCUT2D eigenvalue weighted by molar-refractivity contribution is 7.99. The smallest absolute Gasteiger partial charge is 0.189 e. The number of hydrogen-bond acceptors (Lipinski definition) is 5. The van der Waals surface area contributed by atoms with Gasteiger partial charge in [0.05, 0.1) is 0 Å². The Morgan fingerprint density at radius 2 is 2.39 bits per heavy atom. The average Bonchev–Trinajstić information content (AvgIpc) is 2.80. The van der Waals surface area contributed by atoms with Crippen molar-refractivity contribution in [2.75, 3.05) is 18.9 Å². The quantitative estimate of drug-likeness (QED) is 0.656. The molecule has 0 aromatic carbocycles. The fourth-order valence-corrected chi connectivity index (χ4v) is 3.25. The van der Waals surface area contributed by atoms with Gasteiger partial charge in [-0.3, -0.25) is 0 Å². The standard InChI is InChI=1S/C13H21N3OS/c1-3-11-7-12(14)16-13(15-11)18-9(2)6-10-4-5-17-8-10/h7,9-10H,3-6,8H2,1-2H3,(H2,14,15,16). The molecule has 2 N–H and O–H groups in total. The summed E-state index contributed by atoms with van der Waals surface area (Å²) >= 11 is 1.72. The summed E-state index contributed by atoms with van der Waals surface area (Å²) in [6.07, 6.45) is 3.23. The maximum atomic E-state index is 5.79.